The number of rotatable bonds is 16. The van der Waals surface area contributed by atoms with E-state index in [1.165, 1.54) is 7.11 Å². The van der Waals surface area contributed by atoms with E-state index in [0.29, 0.717) is 6.54 Å². The van der Waals surface area contributed by atoms with Crippen molar-refractivity contribution in [3.8, 4) is 0 Å². The maximum atomic E-state index is 14.0. The summed E-state index contributed by atoms with van der Waals surface area (Å²) in [6.45, 7) is 15.4. The van der Waals surface area contributed by atoms with E-state index in [4.69, 9.17) is 4.74 Å². The Morgan fingerprint density at radius 2 is 1.37 bits per heavy atom. The standard InChI is InChI=1S/C36H51Br2N5O6/c1-9-20-39-30(44)28(34(2,3)4)40-32(46)36(48,22-24-11-15-26(37)16-12-24)19-10-21-43(23-25-13-17-27(38)18-14-25)42-31(45)29(35(5,6)7)41-33(47)49-8/h9,11-18,28-29,48H,1,10,19-23H2,2-8H3,(H,39,44)(H,40,46)(H,41,47)(H,42,45)/t28-,29-,36+/m1/s1. The first-order valence-electron chi connectivity index (χ1n) is 16.1. The van der Waals surface area contributed by atoms with E-state index in [9.17, 15) is 24.3 Å². The number of carbonyl (C=O) groups excluding carboxylic acids is 4. The van der Waals surface area contributed by atoms with Gasteiger partial charge in [-0.05, 0) is 59.1 Å². The van der Waals surface area contributed by atoms with Gasteiger partial charge in [0.2, 0.25) is 5.91 Å². The molecule has 2 rings (SSSR count). The van der Waals surface area contributed by atoms with Crippen molar-refractivity contribution in [2.75, 3.05) is 20.2 Å². The van der Waals surface area contributed by atoms with Crippen LogP contribution in [0, 0.1) is 10.8 Å². The number of hydrogen-bond donors (Lipinski definition) is 5. The summed E-state index contributed by atoms with van der Waals surface area (Å²) in [5.74, 6) is -1.51. The molecule has 0 heterocycles. The highest BCUT2D eigenvalue weighted by Gasteiger charge is 2.41. The second-order valence-electron chi connectivity index (χ2n) is 14.2. The van der Waals surface area contributed by atoms with Crippen LogP contribution < -0.4 is 21.4 Å². The maximum Gasteiger partial charge on any atom is 0.407 e. The van der Waals surface area contributed by atoms with E-state index in [1.54, 1.807) is 11.1 Å². The number of amides is 4. The van der Waals surface area contributed by atoms with Gasteiger partial charge >= 0.3 is 6.09 Å². The second kappa shape index (κ2) is 18.7. The molecule has 11 nitrogen and oxygen atoms in total. The van der Waals surface area contributed by atoms with Gasteiger partial charge in [-0.25, -0.2) is 9.80 Å². The van der Waals surface area contributed by atoms with Crippen LogP contribution in [0.3, 0.4) is 0 Å². The molecule has 270 valence electrons. The Hall–Kier alpha value is -3.26. The van der Waals surface area contributed by atoms with Crippen molar-refractivity contribution in [2.24, 2.45) is 10.8 Å². The molecule has 0 saturated heterocycles. The van der Waals surface area contributed by atoms with Crippen LogP contribution in [-0.4, -0.2) is 71.8 Å². The van der Waals surface area contributed by atoms with Gasteiger partial charge in [-0.3, -0.25) is 19.8 Å². The van der Waals surface area contributed by atoms with Crippen LogP contribution in [0.5, 0.6) is 0 Å². The number of ether oxygens (including phenoxy) is 1. The normalized spacial score (nSPS) is 14.2. The molecule has 3 atom stereocenters. The van der Waals surface area contributed by atoms with Crippen LogP contribution in [0.1, 0.15) is 65.5 Å². The number of carbonyl (C=O) groups is 4. The third-order valence-corrected chi connectivity index (χ3v) is 8.86. The Labute approximate surface area is 307 Å². The van der Waals surface area contributed by atoms with Crippen molar-refractivity contribution < 1.29 is 29.0 Å². The first-order chi connectivity index (χ1) is 22.8. The van der Waals surface area contributed by atoms with Crippen molar-refractivity contribution in [3.63, 3.8) is 0 Å². The van der Waals surface area contributed by atoms with Gasteiger partial charge in [0.25, 0.3) is 11.8 Å². The van der Waals surface area contributed by atoms with E-state index >= 15 is 0 Å². The molecular weight excluding hydrogens is 758 g/mol. The van der Waals surface area contributed by atoms with Gasteiger partial charge in [0, 0.05) is 35.0 Å². The van der Waals surface area contributed by atoms with Gasteiger partial charge in [0.15, 0.2) is 0 Å². The lowest BCUT2D eigenvalue weighted by molar-refractivity contribution is -0.145. The Morgan fingerprint density at radius 1 is 0.857 bits per heavy atom. The van der Waals surface area contributed by atoms with Gasteiger partial charge in [0.05, 0.1) is 7.11 Å². The van der Waals surface area contributed by atoms with Gasteiger partial charge in [0.1, 0.15) is 17.7 Å². The molecule has 5 N–H and O–H groups in total. The predicted molar refractivity (Wildman–Crippen MR) is 198 cm³/mol. The second-order valence-corrected chi connectivity index (χ2v) is 16.0. The zero-order valence-corrected chi connectivity index (χ0v) is 32.7. The summed E-state index contributed by atoms with van der Waals surface area (Å²) in [5.41, 5.74) is 1.36. The van der Waals surface area contributed by atoms with E-state index in [1.807, 2.05) is 90.1 Å². The summed E-state index contributed by atoms with van der Waals surface area (Å²) in [6, 6.07) is 13.1. The first-order valence-corrected chi connectivity index (χ1v) is 17.7. The fourth-order valence-electron chi connectivity index (χ4n) is 5.06. The minimum atomic E-state index is -1.90. The van der Waals surface area contributed by atoms with Crippen LogP contribution >= 0.6 is 31.9 Å². The molecule has 0 radical (unpaired) electrons. The quantitative estimate of drug-likeness (QED) is 0.113. The summed E-state index contributed by atoms with van der Waals surface area (Å²) in [5, 5.41) is 22.0. The van der Waals surface area contributed by atoms with Crippen molar-refractivity contribution in [1.29, 1.82) is 0 Å². The van der Waals surface area contributed by atoms with Gasteiger partial charge < -0.3 is 25.8 Å². The molecule has 0 aliphatic rings. The molecule has 4 amide bonds. The number of nitrogens with zero attached hydrogens (tertiary/aromatic N) is 1. The lowest BCUT2D eigenvalue weighted by Crippen LogP contribution is -2.59. The van der Waals surface area contributed by atoms with E-state index < -0.39 is 46.4 Å². The molecule has 2 aromatic carbocycles. The Kier molecular flexibility index (Phi) is 16.0. The summed E-state index contributed by atoms with van der Waals surface area (Å²) >= 11 is 6.87. The number of hydrogen-bond acceptors (Lipinski definition) is 7. The van der Waals surface area contributed by atoms with Crippen LogP contribution in [0.15, 0.2) is 70.1 Å². The largest absolute Gasteiger partial charge is 0.453 e. The van der Waals surface area contributed by atoms with E-state index in [-0.39, 0.29) is 38.3 Å². The van der Waals surface area contributed by atoms with Crippen LogP contribution in [0.25, 0.3) is 0 Å². The van der Waals surface area contributed by atoms with Crippen molar-refractivity contribution >= 4 is 55.7 Å². The lowest BCUT2D eigenvalue weighted by Gasteiger charge is -2.35. The highest BCUT2D eigenvalue weighted by atomic mass is 79.9. The molecule has 0 fully saturated rings. The fourth-order valence-corrected chi connectivity index (χ4v) is 5.59. The number of benzene rings is 2. The number of halogens is 2. The SMILES string of the molecule is C=CCNC(=O)[C@@H](NC(=O)[C@](O)(CCCN(Cc1ccc(Br)cc1)NC(=O)[C@@H](NC(=O)OC)C(C)(C)C)Cc1ccc(Br)cc1)C(C)(C)C. The topological polar surface area (TPSA) is 149 Å². The highest BCUT2D eigenvalue weighted by molar-refractivity contribution is 9.10. The summed E-state index contributed by atoms with van der Waals surface area (Å²) < 4.78 is 6.51. The average molecular weight is 810 g/mol. The van der Waals surface area contributed by atoms with Crippen LogP contribution in [0.4, 0.5) is 4.79 Å². The molecule has 0 aliphatic carbocycles. The number of alkyl carbamates (subject to hydrolysis) is 1. The minimum Gasteiger partial charge on any atom is -0.453 e. The number of hydrazine groups is 1. The van der Waals surface area contributed by atoms with Gasteiger partial charge in [-0.1, -0.05) is 104 Å². The monoisotopic (exact) mass is 807 g/mol. The fraction of sp³-hybridized carbons (Fsp3) is 0.500. The average Bonchev–Trinajstić information content (AvgIpc) is 3.01. The smallest absolute Gasteiger partial charge is 0.407 e. The molecule has 0 spiro atoms. The third-order valence-electron chi connectivity index (χ3n) is 7.81. The molecule has 0 unspecified atom stereocenters. The lowest BCUT2D eigenvalue weighted by atomic mass is 9.84. The molecule has 0 aromatic heterocycles. The summed E-state index contributed by atoms with van der Waals surface area (Å²) in [7, 11) is 1.23. The Bertz CT molecular complexity index is 1420. The Balaban J connectivity index is 2.39. The summed E-state index contributed by atoms with van der Waals surface area (Å²) in [4.78, 5) is 52.7. The van der Waals surface area contributed by atoms with Gasteiger partial charge in [-0.2, -0.15) is 0 Å². The third kappa shape index (κ3) is 13.9. The zero-order chi connectivity index (χ0) is 37.0. The molecular formula is C36H51Br2N5O6. The van der Waals surface area contributed by atoms with Crippen molar-refractivity contribution in [2.45, 2.75) is 85.0 Å². The molecule has 0 bridgehead atoms. The number of aliphatic hydroxyl groups is 1. The predicted octanol–water partition coefficient (Wildman–Crippen LogP) is 5.40. The molecule has 2 aromatic rings. The van der Waals surface area contributed by atoms with Gasteiger partial charge in [-0.15, -0.1) is 6.58 Å². The number of methoxy groups -OCH3 is 1. The van der Waals surface area contributed by atoms with Crippen molar-refractivity contribution in [3.05, 3.63) is 81.3 Å². The molecule has 49 heavy (non-hydrogen) atoms. The van der Waals surface area contributed by atoms with Crippen LogP contribution in [0.2, 0.25) is 0 Å². The Morgan fingerprint density at radius 3 is 1.86 bits per heavy atom. The molecule has 0 saturated carbocycles. The van der Waals surface area contributed by atoms with Crippen molar-refractivity contribution in [1.82, 2.24) is 26.4 Å². The maximum absolute atomic E-state index is 14.0. The number of nitrogens with one attached hydrogen (secondary N) is 4. The van der Waals surface area contributed by atoms with Crippen LogP contribution in [-0.2, 0) is 32.1 Å². The van der Waals surface area contributed by atoms with E-state index in [0.717, 1.165) is 20.1 Å². The van der Waals surface area contributed by atoms with E-state index in [2.05, 4.69) is 59.8 Å². The summed E-state index contributed by atoms with van der Waals surface area (Å²) in [6.07, 6.45) is 1.11. The first kappa shape index (κ1) is 41.9. The molecule has 13 heteroatoms. The zero-order valence-electron chi connectivity index (χ0n) is 29.5. The minimum absolute atomic E-state index is 0.00846. The highest BCUT2D eigenvalue weighted by Crippen LogP contribution is 2.26. The molecule has 0 aliphatic heterocycles.